The van der Waals surface area contributed by atoms with Gasteiger partial charge in [0.15, 0.2) is 0 Å². The number of carbonyl (C=O) groups excluding carboxylic acids is 2. The Morgan fingerprint density at radius 3 is 2.60 bits per heavy atom. The molecule has 6 heteroatoms. The van der Waals surface area contributed by atoms with E-state index in [-0.39, 0.29) is 24.9 Å². The zero-order valence-corrected chi connectivity index (χ0v) is 12.2. The maximum atomic E-state index is 11.8. The van der Waals surface area contributed by atoms with Crippen molar-refractivity contribution in [1.82, 2.24) is 10.6 Å². The van der Waals surface area contributed by atoms with Crippen LogP contribution in [-0.2, 0) is 4.79 Å². The highest BCUT2D eigenvalue weighted by Crippen LogP contribution is 2.12. The molecule has 0 fully saturated rings. The Bertz CT molecular complexity index is 468. The molecule has 20 heavy (non-hydrogen) atoms. The molecule has 1 atom stereocenters. The number of rotatable bonds is 7. The van der Waals surface area contributed by atoms with E-state index in [0.29, 0.717) is 23.5 Å². The lowest BCUT2D eigenvalue weighted by atomic mass is 10.2. The van der Waals surface area contributed by atoms with Crippen LogP contribution in [0.25, 0.3) is 0 Å². The van der Waals surface area contributed by atoms with E-state index in [1.54, 1.807) is 19.9 Å². The van der Waals surface area contributed by atoms with Gasteiger partial charge in [-0.15, -0.1) is 0 Å². The number of furan rings is 1. The predicted octanol–water partition coefficient (Wildman–Crippen LogP) is 0.903. The number of hydrogen-bond donors (Lipinski definition) is 3. The van der Waals surface area contributed by atoms with E-state index in [9.17, 15) is 14.7 Å². The molecule has 112 valence electrons. The molecule has 0 aliphatic rings. The van der Waals surface area contributed by atoms with Crippen molar-refractivity contribution < 1.29 is 19.1 Å². The highest BCUT2D eigenvalue weighted by molar-refractivity contribution is 5.97. The van der Waals surface area contributed by atoms with Crippen molar-refractivity contribution in [3.63, 3.8) is 0 Å². The molecule has 1 rings (SSSR count). The molecule has 1 aromatic rings. The lowest BCUT2D eigenvalue weighted by Gasteiger charge is -2.11. The van der Waals surface area contributed by atoms with Crippen molar-refractivity contribution in [1.29, 1.82) is 0 Å². The summed E-state index contributed by atoms with van der Waals surface area (Å²) in [6, 6.07) is 1.63. The lowest BCUT2D eigenvalue weighted by Crippen LogP contribution is -2.40. The first-order valence-electron chi connectivity index (χ1n) is 6.74. The topological polar surface area (TPSA) is 91.6 Å². The van der Waals surface area contributed by atoms with Crippen molar-refractivity contribution in [2.75, 3.05) is 13.1 Å². The van der Waals surface area contributed by atoms with Gasteiger partial charge < -0.3 is 20.2 Å². The molecule has 0 spiro atoms. The average Bonchev–Trinajstić information content (AvgIpc) is 2.73. The Labute approximate surface area is 118 Å². The molecular weight excluding hydrogens is 260 g/mol. The predicted molar refractivity (Wildman–Crippen MR) is 74.4 cm³/mol. The number of aliphatic hydroxyl groups excluding tert-OH is 1. The van der Waals surface area contributed by atoms with E-state index in [0.717, 1.165) is 6.42 Å². The van der Waals surface area contributed by atoms with Crippen LogP contribution in [0.5, 0.6) is 0 Å². The van der Waals surface area contributed by atoms with Crippen LogP contribution in [0.2, 0.25) is 0 Å². The Morgan fingerprint density at radius 1 is 1.35 bits per heavy atom. The third-order valence-electron chi connectivity index (χ3n) is 2.85. The van der Waals surface area contributed by atoms with Crippen LogP contribution in [-0.4, -0.2) is 36.1 Å². The summed E-state index contributed by atoms with van der Waals surface area (Å²) in [5, 5.41) is 14.6. The molecule has 1 heterocycles. The molecule has 0 aliphatic heterocycles. The highest BCUT2D eigenvalue weighted by atomic mass is 16.3. The van der Waals surface area contributed by atoms with Crippen LogP contribution in [0.3, 0.4) is 0 Å². The number of carbonyl (C=O) groups is 2. The largest absolute Gasteiger partial charge is 0.466 e. The fraction of sp³-hybridized carbons (Fsp3) is 0.571. The second kappa shape index (κ2) is 7.69. The summed E-state index contributed by atoms with van der Waals surface area (Å²) in [4.78, 5) is 23.3. The number of nitrogens with one attached hydrogen (secondary N) is 2. The Balaban J connectivity index is 2.34. The van der Waals surface area contributed by atoms with E-state index in [1.165, 1.54) is 0 Å². The molecule has 3 N–H and O–H groups in total. The summed E-state index contributed by atoms with van der Waals surface area (Å²) in [5.41, 5.74) is 0.432. The monoisotopic (exact) mass is 282 g/mol. The first-order valence-corrected chi connectivity index (χ1v) is 6.74. The minimum absolute atomic E-state index is 0.124. The lowest BCUT2D eigenvalue weighted by molar-refractivity contribution is -0.120. The Kier molecular flexibility index (Phi) is 6.24. The summed E-state index contributed by atoms with van der Waals surface area (Å²) in [5.74, 6) is 0.508. The van der Waals surface area contributed by atoms with Gasteiger partial charge >= 0.3 is 0 Å². The quantitative estimate of drug-likeness (QED) is 0.693. The molecule has 1 aromatic heterocycles. The minimum Gasteiger partial charge on any atom is -0.466 e. The molecular formula is C14H22N2O4. The zero-order valence-electron chi connectivity index (χ0n) is 12.2. The Hall–Kier alpha value is -1.82. The standard InChI is InChI=1S/C14H22N2O4/c1-4-5-11(17)7-15-13(18)8-16-14(19)12-6-9(2)20-10(12)3/h6,11,17H,4-5,7-8H2,1-3H3,(H,15,18)(H,16,19). The molecule has 2 amide bonds. The second-order valence-electron chi connectivity index (χ2n) is 4.76. The smallest absolute Gasteiger partial charge is 0.255 e. The molecule has 0 aliphatic carbocycles. The maximum Gasteiger partial charge on any atom is 0.255 e. The van der Waals surface area contributed by atoms with E-state index in [1.807, 2.05) is 6.92 Å². The van der Waals surface area contributed by atoms with Crippen LogP contribution in [0.1, 0.15) is 41.6 Å². The van der Waals surface area contributed by atoms with Crippen molar-refractivity contribution >= 4 is 11.8 Å². The minimum atomic E-state index is -0.543. The fourth-order valence-electron chi connectivity index (χ4n) is 1.84. The van der Waals surface area contributed by atoms with E-state index in [2.05, 4.69) is 10.6 Å². The summed E-state index contributed by atoms with van der Waals surface area (Å²) in [6.07, 6.45) is 0.950. The molecule has 6 nitrogen and oxygen atoms in total. The maximum absolute atomic E-state index is 11.8. The van der Waals surface area contributed by atoms with Crippen molar-refractivity contribution in [3.05, 3.63) is 23.2 Å². The SMILES string of the molecule is CCCC(O)CNC(=O)CNC(=O)c1cc(C)oc1C. The molecule has 1 unspecified atom stereocenters. The van der Waals surface area contributed by atoms with Gasteiger partial charge in [0.2, 0.25) is 5.91 Å². The summed E-state index contributed by atoms with van der Waals surface area (Å²) in [6.45, 7) is 5.49. The number of aliphatic hydroxyl groups is 1. The normalized spacial score (nSPS) is 12.0. The van der Waals surface area contributed by atoms with Crippen LogP contribution in [0, 0.1) is 13.8 Å². The first kappa shape index (κ1) is 16.2. The molecule has 0 saturated carbocycles. The van der Waals surface area contributed by atoms with E-state index < -0.39 is 6.10 Å². The van der Waals surface area contributed by atoms with Crippen molar-refractivity contribution in [2.24, 2.45) is 0 Å². The van der Waals surface area contributed by atoms with E-state index in [4.69, 9.17) is 4.42 Å². The van der Waals surface area contributed by atoms with Crippen LogP contribution in [0.15, 0.2) is 10.5 Å². The molecule has 0 saturated heterocycles. The third-order valence-corrected chi connectivity index (χ3v) is 2.85. The van der Waals surface area contributed by atoms with Crippen molar-refractivity contribution in [2.45, 2.75) is 39.7 Å². The van der Waals surface area contributed by atoms with Gasteiger partial charge in [-0.25, -0.2) is 0 Å². The summed E-state index contributed by atoms with van der Waals surface area (Å²) in [7, 11) is 0. The van der Waals surface area contributed by atoms with Crippen LogP contribution in [0.4, 0.5) is 0 Å². The Morgan fingerprint density at radius 2 is 2.05 bits per heavy atom. The fourth-order valence-corrected chi connectivity index (χ4v) is 1.84. The zero-order chi connectivity index (χ0) is 15.1. The van der Waals surface area contributed by atoms with Gasteiger partial charge in [0.05, 0.1) is 18.2 Å². The van der Waals surface area contributed by atoms with Gasteiger partial charge in [0, 0.05) is 6.54 Å². The van der Waals surface area contributed by atoms with Gasteiger partial charge in [0.1, 0.15) is 11.5 Å². The number of aryl methyl sites for hydroxylation is 2. The van der Waals surface area contributed by atoms with Gasteiger partial charge in [-0.2, -0.15) is 0 Å². The van der Waals surface area contributed by atoms with Gasteiger partial charge in [0.25, 0.3) is 5.91 Å². The molecule has 0 aromatic carbocycles. The third kappa shape index (κ3) is 5.05. The summed E-state index contributed by atoms with van der Waals surface area (Å²) < 4.78 is 5.25. The van der Waals surface area contributed by atoms with E-state index >= 15 is 0 Å². The van der Waals surface area contributed by atoms with Crippen LogP contribution < -0.4 is 10.6 Å². The van der Waals surface area contributed by atoms with Gasteiger partial charge in [-0.1, -0.05) is 13.3 Å². The van der Waals surface area contributed by atoms with Crippen LogP contribution >= 0.6 is 0 Å². The van der Waals surface area contributed by atoms with Gasteiger partial charge in [-0.05, 0) is 26.3 Å². The average molecular weight is 282 g/mol. The summed E-state index contributed by atoms with van der Waals surface area (Å²) >= 11 is 0. The number of amides is 2. The van der Waals surface area contributed by atoms with Gasteiger partial charge in [-0.3, -0.25) is 9.59 Å². The molecule has 0 bridgehead atoms. The van der Waals surface area contributed by atoms with Crippen molar-refractivity contribution in [3.8, 4) is 0 Å². The second-order valence-corrected chi connectivity index (χ2v) is 4.76. The first-order chi connectivity index (χ1) is 9.43. The highest BCUT2D eigenvalue weighted by Gasteiger charge is 2.14. The number of hydrogen-bond acceptors (Lipinski definition) is 4. The molecule has 0 radical (unpaired) electrons.